The van der Waals surface area contributed by atoms with Crippen LogP contribution in [-0.4, -0.2) is 41.9 Å². The van der Waals surface area contributed by atoms with Crippen LogP contribution in [-0.2, 0) is 22.5 Å². The Kier molecular flexibility index (Phi) is 13.2. The molecule has 0 aliphatic heterocycles. The third kappa shape index (κ3) is 21.8. The molecular formula is C10H21F6NO7P2. The van der Waals surface area contributed by atoms with E-state index < -0.39 is 41.2 Å². The molecule has 0 spiro atoms. The molecule has 0 aromatic heterocycles. The monoisotopic (exact) mass is 443 g/mol. The predicted octanol–water partition coefficient (Wildman–Crippen LogP) is 3.89. The molecule has 26 heavy (non-hydrogen) atoms. The van der Waals surface area contributed by atoms with Crippen LogP contribution in [0.4, 0.5) is 26.3 Å². The molecule has 0 aliphatic carbocycles. The number of nitrogens with two attached hydrogens (primary N) is 1. The highest BCUT2D eigenvalue weighted by atomic mass is 31.3. The average molecular weight is 443 g/mol. The standard InChI is InChI=1S/C6H15N.C4H6F6O7P2/c1-2-3-4-5-6-7;5-3(6,7)1-15-19(14,17-18(11,12)13)16-2-4(8,9)10/h2-7H2,1H3;1-2H2,(H2,11,12,13). The van der Waals surface area contributed by atoms with Gasteiger partial charge in [-0.15, -0.1) is 0 Å². The van der Waals surface area contributed by atoms with E-state index in [1.54, 1.807) is 0 Å². The number of alkyl halides is 6. The fourth-order valence-corrected chi connectivity index (χ4v) is 3.19. The summed E-state index contributed by atoms with van der Waals surface area (Å²) in [4.78, 5) is 16.4. The highest BCUT2D eigenvalue weighted by Crippen LogP contribution is 2.61. The van der Waals surface area contributed by atoms with Crippen LogP contribution >= 0.6 is 15.6 Å². The molecule has 0 aromatic rings. The van der Waals surface area contributed by atoms with Gasteiger partial charge in [-0.05, 0) is 13.0 Å². The Bertz CT molecular complexity index is 442. The van der Waals surface area contributed by atoms with E-state index in [0.29, 0.717) is 0 Å². The molecule has 8 nitrogen and oxygen atoms in total. The van der Waals surface area contributed by atoms with Gasteiger partial charge in [0.1, 0.15) is 0 Å². The van der Waals surface area contributed by atoms with Gasteiger partial charge in [-0.3, -0.25) is 9.05 Å². The number of rotatable bonds is 10. The molecule has 0 saturated heterocycles. The van der Waals surface area contributed by atoms with Crippen molar-refractivity contribution in [2.24, 2.45) is 5.73 Å². The summed E-state index contributed by atoms with van der Waals surface area (Å²) in [6, 6.07) is 0. The van der Waals surface area contributed by atoms with Crippen LogP contribution in [0.1, 0.15) is 32.6 Å². The van der Waals surface area contributed by atoms with Gasteiger partial charge < -0.3 is 15.5 Å². The molecule has 0 aliphatic rings. The van der Waals surface area contributed by atoms with Gasteiger partial charge in [0.2, 0.25) is 0 Å². The fraction of sp³-hybridized carbons (Fsp3) is 1.00. The Labute approximate surface area is 145 Å². The molecule has 0 rings (SSSR count). The number of hydrogen-bond acceptors (Lipinski definition) is 6. The highest BCUT2D eigenvalue weighted by Gasteiger charge is 2.43. The zero-order valence-corrected chi connectivity index (χ0v) is 15.4. The Morgan fingerprint density at radius 3 is 1.58 bits per heavy atom. The van der Waals surface area contributed by atoms with Gasteiger partial charge in [0.25, 0.3) is 0 Å². The smallest absolute Gasteiger partial charge is 0.330 e. The van der Waals surface area contributed by atoms with E-state index in [1.165, 1.54) is 25.7 Å². The third-order valence-corrected chi connectivity index (χ3v) is 4.58. The largest absolute Gasteiger partial charge is 0.484 e. The van der Waals surface area contributed by atoms with Crippen molar-refractivity contribution < 1.29 is 58.6 Å². The quantitative estimate of drug-likeness (QED) is 0.264. The first-order valence-electron chi connectivity index (χ1n) is 7.03. The topological polar surface area (TPSA) is 128 Å². The number of phosphoric acid groups is 2. The minimum absolute atomic E-state index is 0.861. The van der Waals surface area contributed by atoms with E-state index in [2.05, 4.69) is 20.3 Å². The summed E-state index contributed by atoms with van der Waals surface area (Å²) in [6.07, 6.45) is -5.09. The second-order valence-electron chi connectivity index (χ2n) is 4.65. The molecule has 0 heterocycles. The first kappa shape index (κ1) is 28.0. The molecule has 160 valence electrons. The SMILES string of the molecule is CCCCCCN.O=P(O)(O)OP(=O)(OCC(F)(F)F)OCC(F)(F)F. The van der Waals surface area contributed by atoms with E-state index in [4.69, 9.17) is 15.5 Å². The Morgan fingerprint density at radius 2 is 1.31 bits per heavy atom. The minimum Gasteiger partial charge on any atom is -0.330 e. The second-order valence-corrected chi connectivity index (χ2v) is 7.69. The van der Waals surface area contributed by atoms with Crippen LogP contribution < -0.4 is 5.73 Å². The Morgan fingerprint density at radius 1 is 0.885 bits per heavy atom. The van der Waals surface area contributed by atoms with Gasteiger partial charge in [-0.2, -0.15) is 30.7 Å². The maximum Gasteiger partial charge on any atom is 0.484 e. The van der Waals surface area contributed by atoms with Gasteiger partial charge in [0.15, 0.2) is 13.2 Å². The second kappa shape index (κ2) is 12.3. The van der Waals surface area contributed by atoms with Gasteiger partial charge in [-0.1, -0.05) is 26.2 Å². The molecule has 0 amide bonds. The Balaban J connectivity index is 0. The Hall–Kier alpha value is -0.200. The molecule has 4 N–H and O–H groups in total. The van der Waals surface area contributed by atoms with Crippen molar-refractivity contribution in [3.63, 3.8) is 0 Å². The zero-order valence-electron chi connectivity index (χ0n) is 13.6. The van der Waals surface area contributed by atoms with Crippen molar-refractivity contribution in [3.05, 3.63) is 0 Å². The summed E-state index contributed by atoms with van der Waals surface area (Å²) in [5.74, 6) is 0. The van der Waals surface area contributed by atoms with Crippen LogP contribution in [0.25, 0.3) is 0 Å². The van der Waals surface area contributed by atoms with Crippen LogP contribution in [0.15, 0.2) is 0 Å². The van der Waals surface area contributed by atoms with Crippen LogP contribution in [0.5, 0.6) is 0 Å². The first-order valence-corrected chi connectivity index (χ1v) is 10.0. The average Bonchev–Trinajstić information content (AvgIpc) is 2.42. The van der Waals surface area contributed by atoms with E-state index in [9.17, 15) is 35.5 Å². The third-order valence-electron chi connectivity index (χ3n) is 2.04. The highest BCUT2D eigenvalue weighted by molar-refractivity contribution is 7.61. The molecule has 0 radical (unpaired) electrons. The van der Waals surface area contributed by atoms with E-state index >= 15 is 0 Å². The molecule has 0 aromatic carbocycles. The van der Waals surface area contributed by atoms with Gasteiger partial charge in [0.05, 0.1) is 0 Å². The molecule has 16 heteroatoms. The lowest BCUT2D eigenvalue weighted by Crippen LogP contribution is -2.20. The van der Waals surface area contributed by atoms with Crippen molar-refractivity contribution in [2.45, 2.75) is 45.0 Å². The van der Waals surface area contributed by atoms with Gasteiger partial charge in [0, 0.05) is 0 Å². The molecule has 0 unspecified atom stereocenters. The molecule has 0 fully saturated rings. The summed E-state index contributed by atoms with van der Waals surface area (Å²) < 4.78 is 102. The summed E-state index contributed by atoms with van der Waals surface area (Å²) in [5, 5.41) is 0. The van der Waals surface area contributed by atoms with Crippen molar-refractivity contribution in [2.75, 3.05) is 19.8 Å². The number of halogens is 6. The summed E-state index contributed by atoms with van der Waals surface area (Å²) in [6.45, 7) is -1.71. The lowest BCUT2D eigenvalue weighted by molar-refractivity contribution is -0.169. The fourth-order valence-electron chi connectivity index (χ4n) is 1.09. The number of phosphoric ester groups is 1. The maximum atomic E-state index is 11.7. The molecule has 0 saturated carbocycles. The molecule has 0 atom stereocenters. The normalized spacial score (nSPS) is 13.3. The van der Waals surface area contributed by atoms with Crippen LogP contribution in [0.3, 0.4) is 0 Å². The van der Waals surface area contributed by atoms with Gasteiger partial charge >= 0.3 is 28.0 Å². The van der Waals surface area contributed by atoms with Crippen LogP contribution in [0.2, 0.25) is 0 Å². The maximum absolute atomic E-state index is 11.7. The minimum atomic E-state index is -5.74. The van der Waals surface area contributed by atoms with Crippen LogP contribution in [0, 0.1) is 0 Å². The van der Waals surface area contributed by atoms with E-state index in [1.807, 2.05) is 0 Å². The zero-order chi connectivity index (χ0) is 21.1. The number of hydrogen-bond donors (Lipinski definition) is 3. The summed E-state index contributed by atoms with van der Waals surface area (Å²) >= 11 is 0. The van der Waals surface area contributed by atoms with Crippen molar-refractivity contribution in [3.8, 4) is 0 Å². The van der Waals surface area contributed by atoms with E-state index in [0.717, 1.165) is 6.54 Å². The van der Waals surface area contributed by atoms with Crippen molar-refractivity contribution in [1.29, 1.82) is 0 Å². The van der Waals surface area contributed by atoms with Crippen molar-refractivity contribution >= 4 is 15.6 Å². The van der Waals surface area contributed by atoms with Crippen molar-refractivity contribution in [1.82, 2.24) is 0 Å². The number of unbranched alkanes of at least 4 members (excludes halogenated alkanes) is 3. The summed E-state index contributed by atoms with van der Waals surface area (Å²) in [5.41, 5.74) is 5.27. The van der Waals surface area contributed by atoms with Gasteiger partial charge in [-0.25, -0.2) is 9.13 Å². The summed E-state index contributed by atoms with van der Waals surface area (Å²) in [7, 11) is -11.4. The van der Waals surface area contributed by atoms with E-state index in [-0.39, 0.29) is 0 Å². The first-order chi connectivity index (χ1) is 11.5. The molecular weight excluding hydrogens is 422 g/mol. The molecule has 0 bridgehead atoms. The predicted molar refractivity (Wildman–Crippen MR) is 77.9 cm³/mol. The lowest BCUT2D eigenvalue weighted by Gasteiger charge is -2.19. The lowest BCUT2D eigenvalue weighted by atomic mass is 10.2.